The molecule has 6 heteroatoms. The molecule has 1 aromatic heterocycles. The van der Waals surface area contributed by atoms with E-state index in [0.717, 1.165) is 17.8 Å². The molecule has 0 fully saturated rings. The molecule has 1 heterocycles. The van der Waals surface area contributed by atoms with Crippen LogP contribution in [0.2, 0.25) is 0 Å². The Morgan fingerprint density at radius 1 is 1.17 bits per heavy atom. The third kappa shape index (κ3) is 7.21. The predicted octanol–water partition coefficient (Wildman–Crippen LogP) is 1.59. The Morgan fingerprint density at radius 3 is 2.00 bits per heavy atom. The van der Waals surface area contributed by atoms with E-state index in [0.29, 0.717) is 5.75 Å². The van der Waals surface area contributed by atoms with Crippen LogP contribution in [0.5, 0.6) is 5.75 Å². The highest BCUT2D eigenvalue weighted by Gasteiger charge is 2.00. The van der Waals surface area contributed by atoms with Gasteiger partial charge in [0.1, 0.15) is 5.75 Å². The summed E-state index contributed by atoms with van der Waals surface area (Å²) in [4.78, 5) is 23.4. The minimum atomic E-state index is -1.08. The van der Waals surface area contributed by atoms with Crippen molar-refractivity contribution in [1.82, 2.24) is 4.98 Å². The number of rotatable bonds is 4. The smallest absolute Gasteiger partial charge is 0.303 e. The second-order valence-corrected chi connectivity index (χ2v) is 3.56. The summed E-state index contributed by atoms with van der Waals surface area (Å²) < 4.78 is 0. The van der Waals surface area contributed by atoms with Crippen LogP contribution >= 0.6 is 0 Å². The summed E-state index contributed by atoms with van der Waals surface area (Å²) in [5, 5.41) is 25.0. The predicted molar refractivity (Wildman–Crippen MR) is 64.5 cm³/mol. The number of carbonyl (C=O) groups is 2. The minimum absolute atomic E-state index is 0.296. The molecule has 0 spiro atoms. The van der Waals surface area contributed by atoms with Gasteiger partial charge in [-0.2, -0.15) is 0 Å². The van der Waals surface area contributed by atoms with Gasteiger partial charge in [-0.15, -0.1) is 0 Å². The number of pyridine rings is 1. The number of aryl methyl sites for hydroxylation is 2. The first-order chi connectivity index (χ1) is 8.36. The summed E-state index contributed by atoms with van der Waals surface area (Å²) in [7, 11) is 0. The molecule has 0 unspecified atom stereocenters. The van der Waals surface area contributed by atoms with E-state index < -0.39 is 11.9 Å². The molecule has 0 aliphatic heterocycles. The highest BCUT2D eigenvalue weighted by atomic mass is 16.4. The molecule has 0 atom stereocenters. The van der Waals surface area contributed by atoms with E-state index in [2.05, 4.69) is 4.98 Å². The number of carboxylic acid groups (broad SMARTS) is 2. The first kappa shape index (κ1) is 15.9. The van der Waals surface area contributed by atoms with Crippen LogP contribution in [0.25, 0.3) is 0 Å². The number of aliphatic carboxylic acids is 2. The fourth-order valence-corrected chi connectivity index (χ4v) is 1.08. The second kappa shape index (κ2) is 8.05. The molecule has 0 aliphatic carbocycles. The topological polar surface area (TPSA) is 108 Å². The molecule has 0 aliphatic rings. The summed E-state index contributed by atoms with van der Waals surface area (Å²) in [6.45, 7) is 3.89. The highest BCUT2D eigenvalue weighted by Crippen LogP contribution is 2.14. The van der Waals surface area contributed by atoms with Crippen LogP contribution in [-0.4, -0.2) is 32.2 Å². The van der Waals surface area contributed by atoms with E-state index in [1.807, 2.05) is 13.8 Å². The lowest BCUT2D eigenvalue weighted by Gasteiger charge is -1.99. The quantitative estimate of drug-likeness (QED) is 0.754. The van der Waals surface area contributed by atoms with E-state index in [4.69, 9.17) is 10.2 Å². The lowest BCUT2D eigenvalue weighted by atomic mass is 10.2. The van der Waals surface area contributed by atoms with E-state index >= 15 is 0 Å². The van der Waals surface area contributed by atoms with Crippen molar-refractivity contribution in [2.45, 2.75) is 33.1 Å². The number of hydrogen-bond acceptors (Lipinski definition) is 4. The van der Waals surface area contributed by atoms with Crippen LogP contribution in [0.1, 0.15) is 31.2 Å². The Morgan fingerprint density at radius 2 is 1.67 bits per heavy atom. The molecule has 1 aromatic rings. The Hall–Kier alpha value is -2.11. The molecule has 0 radical (unpaired) electrons. The molecule has 0 amide bonds. The van der Waals surface area contributed by atoms with Crippen molar-refractivity contribution in [2.24, 2.45) is 0 Å². The molecule has 0 saturated carbocycles. The molecule has 0 bridgehead atoms. The maximum atomic E-state index is 9.64. The lowest BCUT2D eigenvalue weighted by molar-refractivity contribution is -0.143. The number of aromatic hydroxyl groups is 1. The summed E-state index contributed by atoms with van der Waals surface area (Å²) in [6.07, 6.45) is 0.193. The largest absolute Gasteiger partial charge is 0.506 e. The fourth-order valence-electron chi connectivity index (χ4n) is 1.08. The molecule has 1 rings (SSSR count). The molecular formula is C12H17NO5. The number of hydrogen-bond donors (Lipinski definition) is 3. The molecule has 6 nitrogen and oxygen atoms in total. The van der Waals surface area contributed by atoms with Crippen LogP contribution < -0.4 is 0 Å². The molecule has 100 valence electrons. The Bertz CT molecular complexity index is 403. The normalized spacial score (nSPS) is 9.22. The standard InChI is InChI=1S/C8H11NO.C4H6O4/c1-3-7-8(10)5-4-6(2)9-7;5-3(6)1-2-4(7)8/h4-5,10H,3H2,1-2H3;1-2H2,(H,5,6)(H,7,8). The fraction of sp³-hybridized carbons (Fsp3) is 0.417. The van der Waals surface area contributed by atoms with Gasteiger partial charge in [0, 0.05) is 5.69 Å². The Kier molecular flexibility index (Phi) is 7.11. The first-order valence-electron chi connectivity index (χ1n) is 5.45. The van der Waals surface area contributed by atoms with Gasteiger partial charge in [0.25, 0.3) is 0 Å². The lowest BCUT2D eigenvalue weighted by Crippen LogP contribution is -2.00. The van der Waals surface area contributed by atoms with Crippen molar-refractivity contribution < 1.29 is 24.9 Å². The van der Waals surface area contributed by atoms with Gasteiger partial charge < -0.3 is 15.3 Å². The Labute approximate surface area is 105 Å². The van der Waals surface area contributed by atoms with Crippen LogP contribution in [0.15, 0.2) is 12.1 Å². The van der Waals surface area contributed by atoms with E-state index in [1.165, 1.54) is 0 Å². The van der Waals surface area contributed by atoms with Gasteiger partial charge in [-0.1, -0.05) is 6.92 Å². The van der Waals surface area contributed by atoms with Crippen molar-refractivity contribution >= 4 is 11.9 Å². The van der Waals surface area contributed by atoms with E-state index in [1.54, 1.807) is 12.1 Å². The molecule has 0 saturated heterocycles. The monoisotopic (exact) mass is 255 g/mol. The Balaban J connectivity index is 0.000000331. The highest BCUT2D eigenvalue weighted by molar-refractivity contribution is 5.75. The molecule has 18 heavy (non-hydrogen) atoms. The summed E-state index contributed by atoms with van der Waals surface area (Å²) >= 11 is 0. The van der Waals surface area contributed by atoms with Crippen molar-refractivity contribution in [2.75, 3.05) is 0 Å². The van der Waals surface area contributed by atoms with Crippen LogP contribution in [0, 0.1) is 6.92 Å². The summed E-state index contributed by atoms with van der Waals surface area (Å²) in [5.74, 6) is -1.85. The van der Waals surface area contributed by atoms with Crippen molar-refractivity contribution in [3.8, 4) is 5.75 Å². The van der Waals surface area contributed by atoms with Crippen molar-refractivity contribution in [3.05, 3.63) is 23.5 Å². The van der Waals surface area contributed by atoms with Crippen LogP contribution in [0.3, 0.4) is 0 Å². The minimum Gasteiger partial charge on any atom is -0.506 e. The average molecular weight is 255 g/mol. The number of carboxylic acids is 2. The molecule has 0 aromatic carbocycles. The zero-order valence-corrected chi connectivity index (χ0v) is 10.4. The van der Waals surface area contributed by atoms with E-state index in [-0.39, 0.29) is 12.8 Å². The van der Waals surface area contributed by atoms with E-state index in [9.17, 15) is 14.7 Å². The van der Waals surface area contributed by atoms with Crippen molar-refractivity contribution in [1.29, 1.82) is 0 Å². The van der Waals surface area contributed by atoms with Crippen LogP contribution in [0.4, 0.5) is 0 Å². The van der Waals surface area contributed by atoms with Crippen LogP contribution in [-0.2, 0) is 16.0 Å². The van der Waals surface area contributed by atoms with Gasteiger partial charge in [0.2, 0.25) is 0 Å². The zero-order valence-electron chi connectivity index (χ0n) is 10.4. The molecule has 3 N–H and O–H groups in total. The van der Waals surface area contributed by atoms with Gasteiger partial charge in [-0.05, 0) is 25.5 Å². The summed E-state index contributed by atoms with van der Waals surface area (Å²) in [6, 6.07) is 3.48. The number of nitrogens with zero attached hydrogens (tertiary/aromatic N) is 1. The third-order valence-electron chi connectivity index (χ3n) is 1.98. The maximum absolute atomic E-state index is 9.64. The van der Waals surface area contributed by atoms with Crippen molar-refractivity contribution in [3.63, 3.8) is 0 Å². The zero-order chi connectivity index (χ0) is 14.1. The number of aromatic nitrogens is 1. The first-order valence-corrected chi connectivity index (χ1v) is 5.45. The SMILES string of the molecule is CCc1nc(C)ccc1O.O=C(O)CCC(=O)O. The van der Waals surface area contributed by atoms with Gasteiger partial charge in [0.15, 0.2) is 0 Å². The molecular weight excluding hydrogens is 238 g/mol. The van der Waals surface area contributed by atoms with Gasteiger partial charge >= 0.3 is 11.9 Å². The third-order valence-corrected chi connectivity index (χ3v) is 1.98. The average Bonchev–Trinajstić information content (AvgIpc) is 2.30. The van der Waals surface area contributed by atoms with Gasteiger partial charge in [-0.3, -0.25) is 14.6 Å². The van der Waals surface area contributed by atoms with Gasteiger partial charge in [0.05, 0.1) is 18.5 Å². The van der Waals surface area contributed by atoms with Gasteiger partial charge in [-0.25, -0.2) is 0 Å². The second-order valence-electron chi connectivity index (χ2n) is 3.56. The maximum Gasteiger partial charge on any atom is 0.303 e. The summed E-state index contributed by atoms with van der Waals surface area (Å²) in [5.41, 5.74) is 1.73.